The summed E-state index contributed by atoms with van der Waals surface area (Å²) >= 11 is 3.71. The molecule has 1 N–H and O–H groups in total. The lowest BCUT2D eigenvalue weighted by molar-refractivity contribution is 0.332. The zero-order valence-corrected chi connectivity index (χ0v) is 14.2. The molecule has 2 aromatic rings. The van der Waals surface area contributed by atoms with Crippen molar-refractivity contribution >= 4 is 21.6 Å². The number of halogens is 1. The fourth-order valence-electron chi connectivity index (χ4n) is 3.06. The number of benzene rings is 2. The van der Waals surface area contributed by atoms with Gasteiger partial charge in [0.25, 0.3) is 0 Å². The van der Waals surface area contributed by atoms with E-state index in [1.54, 1.807) is 0 Å². The number of rotatable bonds is 2. The molecule has 3 rings (SSSR count). The van der Waals surface area contributed by atoms with Gasteiger partial charge in [-0.25, -0.2) is 0 Å². The third kappa shape index (κ3) is 2.99. The van der Waals surface area contributed by atoms with Gasteiger partial charge in [-0.1, -0.05) is 36.4 Å². The number of nitrogens with one attached hydrogen (secondary N) is 1. The van der Waals surface area contributed by atoms with Crippen LogP contribution in [0.2, 0.25) is 0 Å². The van der Waals surface area contributed by atoms with E-state index in [-0.39, 0.29) is 5.54 Å². The van der Waals surface area contributed by atoms with Crippen molar-refractivity contribution in [1.29, 1.82) is 0 Å². The zero-order chi connectivity index (χ0) is 14.9. The SMILES string of the molecule is Cc1ccc(N2CCNC(C)(c3ccccc3)C2)c(Br)c1. The van der Waals surface area contributed by atoms with Gasteiger partial charge >= 0.3 is 0 Å². The Morgan fingerprint density at radius 2 is 1.90 bits per heavy atom. The van der Waals surface area contributed by atoms with Crippen molar-refractivity contribution in [3.63, 3.8) is 0 Å². The highest BCUT2D eigenvalue weighted by Crippen LogP contribution is 2.32. The first-order valence-corrected chi connectivity index (χ1v) is 8.19. The summed E-state index contributed by atoms with van der Waals surface area (Å²) in [6.45, 7) is 7.41. The topological polar surface area (TPSA) is 15.3 Å². The lowest BCUT2D eigenvalue weighted by Crippen LogP contribution is -2.56. The first kappa shape index (κ1) is 14.6. The van der Waals surface area contributed by atoms with Crippen LogP contribution in [0.3, 0.4) is 0 Å². The quantitative estimate of drug-likeness (QED) is 0.882. The van der Waals surface area contributed by atoms with Crippen LogP contribution in [0.15, 0.2) is 53.0 Å². The monoisotopic (exact) mass is 344 g/mol. The fraction of sp³-hybridized carbons (Fsp3) is 0.333. The summed E-state index contributed by atoms with van der Waals surface area (Å²) in [5.74, 6) is 0. The molecule has 0 bridgehead atoms. The highest BCUT2D eigenvalue weighted by Gasteiger charge is 2.32. The van der Waals surface area contributed by atoms with Gasteiger partial charge in [-0.05, 0) is 53.0 Å². The summed E-state index contributed by atoms with van der Waals surface area (Å²) in [6, 6.07) is 17.3. The third-order valence-electron chi connectivity index (χ3n) is 4.26. The summed E-state index contributed by atoms with van der Waals surface area (Å²) in [6.07, 6.45) is 0. The van der Waals surface area contributed by atoms with Gasteiger partial charge in [-0.15, -0.1) is 0 Å². The summed E-state index contributed by atoms with van der Waals surface area (Å²) in [5, 5.41) is 3.69. The third-order valence-corrected chi connectivity index (χ3v) is 4.89. The average molecular weight is 345 g/mol. The Kier molecular flexibility index (Phi) is 4.05. The van der Waals surface area contributed by atoms with Crippen molar-refractivity contribution in [2.75, 3.05) is 24.5 Å². The van der Waals surface area contributed by atoms with Gasteiger partial charge in [0, 0.05) is 24.1 Å². The minimum Gasteiger partial charge on any atom is -0.367 e. The van der Waals surface area contributed by atoms with E-state index in [1.807, 2.05) is 0 Å². The maximum absolute atomic E-state index is 3.71. The van der Waals surface area contributed by atoms with Crippen LogP contribution in [0.1, 0.15) is 18.1 Å². The lowest BCUT2D eigenvalue weighted by atomic mass is 9.89. The Labute approximate surface area is 135 Å². The predicted molar refractivity (Wildman–Crippen MR) is 92.9 cm³/mol. The van der Waals surface area contributed by atoms with Crippen molar-refractivity contribution in [1.82, 2.24) is 5.32 Å². The van der Waals surface area contributed by atoms with Crippen LogP contribution in [0.5, 0.6) is 0 Å². The Hall–Kier alpha value is -1.32. The maximum Gasteiger partial charge on any atom is 0.0584 e. The van der Waals surface area contributed by atoms with Crippen molar-refractivity contribution in [3.8, 4) is 0 Å². The fourth-order valence-corrected chi connectivity index (χ4v) is 3.80. The molecule has 1 atom stereocenters. The second-order valence-electron chi connectivity index (χ2n) is 6.00. The molecule has 1 unspecified atom stereocenters. The minimum absolute atomic E-state index is 0.0101. The molecule has 1 fully saturated rings. The average Bonchev–Trinajstić information content (AvgIpc) is 2.48. The Morgan fingerprint density at radius 3 is 2.62 bits per heavy atom. The lowest BCUT2D eigenvalue weighted by Gasteiger charge is -2.43. The number of hydrogen-bond acceptors (Lipinski definition) is 2. The van der Waals surface area contributed by atoms with E-state index in [1.165, 1.54) is 21.3 Å². The standard InChI is InChI=1S/C18H21BrN2/c1-14-8-9-17(16(19)12-14)21-11-10-20-18(2,13-21)15-6-4-3-5-7-15/h3-9,12,20H,10-11,13H2,1-2H3. The smallest absolute Gasteiger partial charge is 0.0584 e. The Bertz CT molecular complexity index is 626. The second-order valence-corrected chi connectivity index (χ2v) is 6.86. The molecule has 0 aromatic heterocycles. The molecule has 1 saturated heterocycles. The molecule has 0 spiro atoms. The van der Waals surface area contributed by atoms with Gasteiger partial charge in [0.15, 0.2) is 0 Å². The van der Waals surface area contributed by atoms with Crippen LogP contribution in [0, 0.1) is 6.92 Å². The number of nitrogens with zero attached hydrogens (tertiary/aromatic N) is 1. The van der Waals surface area contributed by atoms with E-state index in [0.29, 0.717) is 0 Å². The van der Waals surface area contributed by atoms with Gasteiger partial charge < -0.3 is 10.2 Å². The first-order valence-electron chi connectivity index (χ1n) is 7.40. The Morgan fingerprint density at radius 1 is 1.14 bits per heavy atom. The molecule has 2 aromatic carbocycles. The van der Waals surface area contributed by atoms with Crippen molar-refractivity contribution < 1.29 is 0 Å². The van der Waals surface area contributed by atoms with E-state index in [0.717, 1.165) is 19.6 Å². The minimum atomic E-state index is -0.0101. The van der Waals surface area contributed by atoms with Crippen molar-refractivity contribution in [2.45, 2.75) is 19.4 Å². The molecule has 110 valence electrons. The van der Waals surface area contributed by atoms with E-state index in [9.17, 15) is 0 Å². The predicted octanol–water partition coefficient (Wildman–Crippen LogP) is 4.08. The molecule has 0 aliphatic carbocycles. The molecule has 1 heterocycles. The molecule has 1 aliphatic heterocycles. The van der Waals surface area contributed by atoms with Crippen LogP contribution < -0.4 is 10.2 Å². The largest absolute Gasteiger partial charge is 0.367 e. The van der Waals surface area contributed by atoms with Gasteiger partial charge in [0.05, 0.1) is 11.2 Å². The van der Waals surface area contributed by atoms with Crippen molar-refractivity contribution in [3.05, 3.63) is 64.1 Å². The van der Waals surface area contributed by atoms with Gasteiger partial charge in [0.2, 0.25) is 0 Å². The summed E-state index contributed by atoms with van der Waals surface area (Å²) in [7, 11) is 0. The molecule has 3 heteroatoms. The van der Waals surface area contributed by atoms with Gasteiger partial charge in [0.1, 0.15) is 0 Å². The van der Waals surface area contributed by atoms with Crippen LogP contribution in [0.4, 0.5) is 5.69 Å². The molecule has 0 radical (unpaired) electrons. The van der Waals surface area contributed by atoms with Gasteiger partial charge in [-0.2, -0.15) is 0 Å². The highest BCUT2D eigenvalue weighted by atomic mass is 79.9. The highest BCUT2D eigenvalue weighted by molar-refractivity contribution is 9.10. The van der Waals surface area contributed by atoms with E-state index in [4.69, 9.17) is 0 Å². The molecule has 0 amide bonds. The van der Waals surface area contributed by atoms with Gasteiger partial charge in [-0.3, -0.25) is 0 Å². The maximum atomic E-state index is 3.71. The van der Waals surface area contributed by atoms with E-state index in [2.05, 4.69) is 88.5 Å². The van der Waals surface area contributed by atoms with Crippen LogP contribution in [0.25, 0.3) is 0 Å². The van der Waals surface area contributed by atoms with E-state index >= 15 is 0 Å². The summed E-state index contributed by atoms with van der Waals surface area (Å²) in [4.78, 5) is 2.47. The number of anilines is 1. The number of hydrogen-bond donors (Lipinski definition) is 1. The van der Waals surface area contributed by atoms with Crippen LogP contribution in [-0.4, -0.2) is 19.6 Å². The summed E-state index contributed by atoms with van der Waals surface area (Å²) < 4.78 is 1.18. The molecular weight excluding hydrogens is 324 g/mol. The van der Waals surface area contributed by atoms with Crippen LogP contribution >= 0.6 is 15.9 Å². The molecule has 0 saturated carbocycles. The molecule has 21 heavy (non-hydrogen) atoms. The second kappa shape index (κ2) is 5.82. The van der Waals surface area contributed by atoms with E-state index < -0.39 is 0 Å². The molecule has 2 nitrogen and oxygen atoms in total. The van der Waals surface area contributed by atoms with Crippen molar-refractivity contribution in [2.24, 2.45) is 0 Å². The normalized spacial score (nSPS) is 22.3. The summed E-state index contributed by atoms with van der Waals surface area (Å²) in [5.41, 5.74) is 3.90. The molecule has 1 aliphatic rings. The zero-order valence-electron chi connectivity index (χ0n) is 12.6. The number of piperazine rings is 1. The molecular formula is C18H21BrN2. The Balaban J connectivity index is 1.89. The van der Waals surface area contributed by atoms with Crippen LogP contribution in [-0.2, 0) is 5.54 Å². The first-order chi connectivity index (χ1) is 10.1. The number of aryl methyl sites for hydroxylation is 1.